The molecule has 0 bridgehead atoms. The van der Waals surface area contributed by atoms with Gasteiger partial charge in [-0.15, -0.1) is 24.0 Å². The smallest absolute Gasteiger partial charge is 0.228 e. The molecule has 8 nitrogen and oxygen atoms in total. The van der Waals surface area contributed by atoms with Gasteiger partial charge >= 0.3 is 0 Å². The van der Waals surface area contributed by atoms with Gasteiger partial charge in [-0.2, -0.15) is 4.98 Å². The second kappa shape index (κ2) is 11.8. The van der Waals surface area contributed by atoms with Crippen molar-refractivity contribution in [1.29, 1.82) is 0 Å². The molecule has 0 spiro atoms. The van der Waals surface area contributed by atoms with E-state index in [0.29, 0.717) is 37.1 Å². The number of para-hydroxylation sites is 1. The predicted octanol–water partition coefficient (Wildman–Crippen LogP) is 3.94. The molecule has 1 saturated heterocycles. The summed E-state index contributed by atoms with van der Waals surface area (Å²) in [5.74, 6) is 3.18. The number of hydrogen-bond acceptors (Lipinski definition) is 5. The Morgan fingerprint density at radius 1 is 1.33 bits per heavy atom. The average Bonchev–Trinajstić information content (AvgIpc) is 3.51. The highest BCUT2D eigenvalue weighted by Gasteiger charge is 2.32. The SMILES string of the molecule is CCNC(=NCCc1nc(C(C)C)no1)N1CC(CCN2CCCC2=O)c2ccccc21.I. The van der Waals surface area contributed by atoms with Gasteiger partial charge in [-0.1, -0.05) is 37.2 Å². The topological polar surface area (TPSA) is 86.9 Å². The van der Waals surface area contributed by atoms with Gasteiger partial charge in [0.2, 0.25) is 11.8 Å². The van der Waals surface area contributed by atoms with E-state index in [4.69, 9.17) is 9.52 Å². The van der Waals surface area contributed by atoms with Crippen molar-refractivity contribution >= 4 is 41.5 Å². The van der Waals surface area contributed by atoms with E-state index >= 15 is 0 Å². The van der Waals surface area contributed by atoms with E-state index in [2.05, 4.69) is 65.4 Å². The van der Waals surface area contributed by atoms with Crippen molar-refractivity contribution in [2.75, 3.05) is 37.6 Å². The van der Waals surface area contributed by atoms with Crippen molar-refractivity contribution in [2.24, 2.45) is 4.99 Å². The summed E-state index contributed by atoms with van der Waals surface area (Å²) in [4.78, 5) is 25.6. The van der Waals surface area contributed by atoms with Crippen LogP contribution in [0.4, 0.5) is 5.69 Å². The maximum atomic E-state index is 12.0. The minimum absolute atomic E-state index is 0. The van der Waals surface area contributed by atoms with E-state index in [0.717, 1.165) is 50.8 Å². The van der Waals surface area contributed by atoms with Gasteiger partial charge in [0, 0.05) is 56.5 Å². The van der Waals surface area contributed by atoms with Crippen LogP contribution in [0.3, 0.4) is 0 Å². The molecule has 1 aromatic carbocycles. The number of fused-ring (bicyclic) bond motifs is 1. The molecule has 2 aliphatic heterocycles. The highest BCUT2D eigenvalue weighted by molar-refractivity contribution is 14.0. The third kappa shape index (κ3) is 6.04. The second-order valence-electron chi connectivity index (χ2n) is 8.83. The van der Waals surface area contributed by atoms with Crippen LogP contribution in [0.2, 0.25) is 0 Å². The summed E-state index contributed by atoms with van der Waals surface area (Å²) >= 11 is 0. The summed E-state index contributed by atoms with van der Waals surface area (Å²) in [6.45, 7) is 10.2. The fraction of sp³-hybridized carbons (Fsp3) is 0.583. The van der Waals surface area contributed by atoms with Gasteiger partial charge < -0.3 is 19.6 Å². The second-order valence-corrected chi connectivity index (χ2v) is 8.83. The molecular weight excluding hydrogens is 531 g/mol. The van der Waals surface area contributed by atoms with Crippen LogP contribution < -0.4 is 10.2 Å². The van der Waals surface area contributed by atoms with Gasteiger partial charge in [-0.25, -0.2) is 0 Å². The summed E-state index contributed by atoms with van der Waals surface area (Å²) in [6, 6.07) is 8.55. The molecule has 1 amide bonds. The summed E-state index contributed by atoms with van der Waals surface area (Å²) < 4.78 is 5.36. The molecule has 1 atom stereocenters. The van der Waals surface area contributed by atoms with Crippen molar-refractivity contribution in [3.8, 4) is 0 Å². The van der Waals surface area contributed by atoms with Crippen LogP contribution in [-0.4, -0.2) is 59.6 Å². The number of carbonyl (C=O) groups is 1. The quantitative estimate of drug-likeness (QED) is 0.296. The monoisotopic (exact) mass is 566 g/mol. The van der Waals surface area contributed by atoms with Crippen molar-refractivity contribution in [1.82, 2.24) is 20.4 Å². The third-order valence-electron chi connectivity index (χ3n) is 6.17. The maximum absolute atomic E-state index is 12.0. The Kier molecular flexibility index (Phi) is 9.10. The van der Waals surface area contributed by atoms with Crippen LogP contribution in [0.5, 0.6) is 0 Å². The number of halogens is 1. The molecule has 1 aromatic heterocycles. The van der Waals surface area contributed by atoms with Gasteiger partial charge in [0.05, 0.1) is 6.54 Å². The number of nitrogens with one attached hydrogen (secondary N) is 1. The molecule has 33 heavy (non-hydrogen) atoms. The summed E-state index contributed by atoms with van der Waals surface area (Å²) in [6.07, 6.45) is 3.27. The highest BCUT2D eigenvalue weighted by atomic mass is 127. The number of guanidine groups is 1. The van der Waals surface area contributed by atoms with Gasteiger partial charge in [-0.3, -0.25) is 9.79 Å². The molecule has 0 aliphatic carbocycles. The number of aromatic nitrogens is 2. The molecule has 2 aromatic rings. The van der Waals surface area contributed by atoms with Crippen molar-refractivity contribution in [3.63, 3.8) is 0 Å². The van der Waals surface area contributed by atoms with Gasteiger partial charge in [0.1, 0.15) is 0 Å². The minimum Gasteiger partial charge on any atom is -0.356 e. The van der Waals surface area contributed by atoms with E-state index in [1.165, 1.54) is 11.3 Å². The standard InChI is InChI=1S/C24H34N6O2.HI/c1-4-25-24(26-13-11-21-27-23(17(2)3)28-32-21)30-16-18(19-8-5-6-9-20(19)30)12-15-29-14-7-10-22(29)31;/h5-6,8-9,17-18H,4,7,10-16H2,1-3H3,(H,25,26);1H. The van der Waals surface area contributed by atoms with Crippen LogP contribution in [0.1, 0.15) is 69.1 Å². The Bertz CT molecular complexity index is 960. The number of benzene rings is 1. The predicted molar refractivity (Wildman–Crippen MR) is 140 cm³/mol. The lowest BCUT2D eigenvalue weighted by atomic mass is 9.98. The lowest BCUT2D eigenvalue weighted by molar-refractivity contribution is -0.127. The molecule has 1 unspecified atom stereocenters. The molecule has 9 heteroatoms. The molecule has 180 valence electrons. The zero-order valence-corrected chi connectivity index (χ0v) is 22.1. The Morgan fingerprint density at radius 2 is 2.15 bits per heavy atom. The zero-order valence-electron chi connectivity index (χ0n) is 19.8. The summed E-state index contributed by atoms with van der Waals surface area (Å²) in [5, 5.41) is 7.48. The Morgan fingerprint density at radius 3 is 2.85 bits per heavy atom. The van der Waals surface area contributed by atoms with Crippen molar-refractivity contribution in [3.05, 3.63) is 41.5 Å². The third-order valence-corrected chi connectivity index (χ3v) is 6.17. The number of hydrogen-bond donors (Lipinski definition) is 1. The number of nitrogens with zero attached hydrogens (tertiary/aromatic N) is 5. The molecule has 1 N–H and O–H groups in total. The number of anilines is 1. The summed E-state index contributed by atoms with van der Waals surface area (Å²) in [5.41, 5.74) is 2.54. The lowest BCUT2D eigenvalue weighted by Crippen LogP contribution is -2.41. The van der Waals surface area contributed by atoms with E-state index in [-0.39, 0.29) is 29.9 Å². The van der Waals surface area contributed by atoms with Crippen LogP contribution in [-0.2, 0) is 11.2 Å². The number of carbonyl (C=O) groups excluding carboxylic acids is 1. The van der Waals surface area contributed by atoms with E-state index < -0.39 is 0 Å². The number of likely N-dealkylation sites (tertiary alicyclic amines) is 1. The van der Waals surface area contributed by atoms with Crippen LogP contribution in [0.25, 0.3) is 0 Å². The van der Waals surface area contributed by atoms with Crippen LogP contribution >= 0.6 is 24.0 Å². The number of aliphatic imine (C=N–C) groups is 1. The molecule has 2 aliphatic rings. The van der Waals surface area contributed by atoms with E-state index in [9.17, 15) is 4.79 Å². The molecule has 1 fully saturated rings. The van der Waals surface area contributed by atoms with Crippen LogP contribution in [0.15, 0.2) is 33.8 Å². The van der Waals surface area contributed by atoms with Gasteiger partial charge in [0.25, 0.3) is 0 Å². The number of rotatable bonds is 8. The van der Waals surface area contributed by atoms with E-state index in [1.54, 1.807) is 0 Å². The first kappa shape index (κ1) is 25.5. The Balaban J connectivity index is 0.00000306. The molecule has 0 radical (unpaired) electrons. The first-order valence-corrected chi connectivity index (χ1v) is 11.8. The molecule has 3 heterocycles. The first-order valence-electron chi connectivity index (χ1n) is 11.8. The molecule has 0 saturated carbocycles. The zero-order chi connectivity index (χ0) is 22.5. The van der Waals surface area contributed by atoms with Crippen molar-refractivity contribution < 1.29 is 9.32 Å². The molecule has 4 rings (SSSR count). The van der Waals surface area contributed by atoms with Crippen molar-refractivity contribution in [2.45, 2.75) is 58.3 Å². The first-order chi connectivity index (χ1) is 15.6. The fourth-order valence-electron chi connectivity index (χ4n) is 4.45. The summed E-state index contributed by atoms with van der Waals surface area (Å²) in [7, 11) is 0. The van der Waals surface area contributed by atoms with E-state index in [1.807, 2.05) is 4.90 Å². The Hall–Kier alpha value is -2.17. The van der Waals surface area contributed by atoms with Gasteiger partial charge in [0.15, 0.2) is 11.8 Å². The minimum atomic E-state index is 0. The fourth-order valence-corrected chi connectivity index (χ4v) is 4.45. The van der Waals surface area contributed by atoms with Crippen LogP contribution in [0, 0.1) is 0 Å². The molecular formula is C24H35IN6O2. The largest absolute Gasteiger partial charge is 0.356 e. The maximum Gasteiger partial charge on any atom is 0.228 e. The highest BCUT2D eigenvalue weighted by Crippen LogP contribution is 2.38. The Labute approximate surface area is 213 Å². The van der Waals surface area contributed by atoms with Gasteiger partial charge in [-0.05, 0) is 31.4 Å². The lowest BCUT2D eigenvalue weighted by Gasteiger charge is -2.23. The normalized spacial score (nSPS) is 18.1. The number of amides is 1. The average molecular weight is 566 g/mol.